The zero-order valence-corrected chi connectivity index (χ0v) is 10.4. The number of nitrogens with two attached hydrogens (primary N) is 1. The van der Waals surface area contributed by atoms with E-state index >= 15 is 0 Å². The molecule has 0 aliphatic rings. The molecule has 0 radical (unpaired) electrons. The molecule has 0 rings (SSSR count). The molecule has 4 nitrogen and oxygen atoms in total. The average molecular weight is 215 g/mol. The van der Waals surface area contributed by atoms with Crippen LogP contribution in [-0.2, 0) is 4.79 Å². The highest BCUT2D eigenvalue weighted by atomic mass is 16.2. The molecule has 0 aromatic carbocycles. The number of carbonyl (C=O) groups is 1. The quantitative estimate of drug-likeness (QED) is 0.653. The number of hydrogen-bond donors (Lipinski definition) is 2. The van der Waals surface area contributed by atoms with Crippen LogP contribution >= 0.6 is 0 Å². The number of nitrogens with one attached hydrogen (secondary N) is 1. The Labute approximate surface area is 93.2 Å². The van der Waals surface area contributed by atoms with Gasteiger partial charge < -0.3 is 11.1 Å². The fourth-order valence-electron chi connectivity index (χ4n) is 1.49. The van der Waals surface area contributed by atoms with Crippen LogP contribution < -0.4 is 11.1 Å². The smallest absolute Gasteiger partial charge is 0.237 e. The molecule has 0 saturated heterocycles. The van der Waals surface area contributed by atoms with Gasteiger partial charge in [0.25, 0.3) is 0 Å². The highest BCUT2D eigenvalue weighted by molar-refractivity contribution is 5.81. The summed E-state index contributed by atoms with van der Waals surface area (Å²) in [5.41, 5.74) is 5.46. The fraction of sp³-hybridized carbons (Fsp3) is 0.909. The summed E-state index contributed by atoms with van der Waals surface area (Å²) in [6, 6.07) is 0.136. The van der Waals surface area contributed by atoms with Gasteiger partial charge in [0.2, 0.25) is 5.91 Å². The summed E-state index contributed by atoms with van der Waals surface area (Å²) in [5, 5.41) is 2.92. The first-order valence-corrected chi connectivity index (χ1v) is 5.77. The van der Waals surface area contributed by atoms with E-state index in [1.165, 1.54) is 0 Å². The Morgan fingerprint density at radius 2 is 2.00 bits per heavy atom. The summed E-state index contributed by atoms with van der Waals surface area (Å²) in [5.74, 6) is 0.101. The largest absolute Gasteiger partial charge is 0.353 e. The van der Waals surface area contributed by atoms with Crippen molar-refractivity contribution in [2.75, 3.05) is 19.6 Å². The van der Waals surface area contributed by atoms with Gasteiger partial charge in [0.05, 0.1) is 6.04 Å². The second-order valence-electron chi connectivity index (χ2n) is 4.11. The van der Waals surface area contributed by atoms with Gasteiger partial charge in [0.1, 0.15) is 0 Å². The van der Waals surface area contributed by atoms with Crippen molar-refractivity contribution < 1.29 is 4.79 Å². The van der Waals surface area contributed by atoms with E-state index in [1.54, 1.807) is 0 Å². The zero-order chi connectivity index (χ0) is 11.8. The second kappa shape index (κ2) is 7.65. The Morgan fingerprint density at radius 1 is 1.40 bits per heavy atom. The maximum Gasteiger partial charge on any atom is 0.237 e. The van der Waals surface area contributed by atoms with Gasteiger partial charge in [-0.15, -0.1) is 0 Å². The number of nitrogens with zero attached hydrogens (tertiary/aromatic N) is 1. The molecule has 1 atom stereocenters. The van der Waals surface area contributed by atoms with E-state index in [0.29, 0.717) is 6.54 Å². The molecule has 0 heterocycles. The topological polar surface area (TPSA) is 58.4 Å². The van der Waals surface area contributed by atoms with E-state index < -0.39 is 0 Å². The summed E-state index contributed by atoms with van der Waals surface area (Å²) in [6.45, 7) is 10.4. The minimum Gasteiger partial charge on any atom is -0.353 e. The fourth-order valence-corrected chi connectivity index (χ4v) is 1.49. The predicted octanol–water partition coefficient (Wildman–Crippen LogP) is 0.570. The summed E-state index contributed by atoms with van der Waals surface area (Å²) >= 11 is 0. The van der Waals surface area contributed by atoms with Gasteiger partial charge in [-0.1, -0.05) is 6.92 Å². The van der Waals surface area contributed by atoms with Crippen LogP contribution in [0, 0.1) is 0 Å². The van der Waals surface area contributed by atoms with Crippen molar-refractivity contribution in [3.63, 3.8) is 0 Å². The van der Waals surface area contributed by atoms with Crippen molar-refractivity contribution in [2.45, 2.75) is 46.2 Å². The molecule has 0 aliphatic carbocycles. The van der Waals surface area contributed by atoms with Gasteiger partial charge in [0, 0.05) is 12.6 Å². The van der Waals surface area contributed by atoms with Crippen LogP contribution in [0.25, 0.3) is 0 Å². The van der Waals surface area contributed by atoms with Gasteiger partial charge in [-0.05, 0) is 40.3 Å². The molecule has 0 aliphatic heterocycles. The molecule has 0 saturated carbocycles. The molecule has 0 fully saturated rings. The molecule has 1 amide bonds. The molecule has 0 bridgehead atoms. The summed E-state index contributed by atoms with van der Waals surface area (Å²) < 4.78 is 0. The molecular weight excluding hydrogens is 190 g/mol. The van der Waals surface area contributed by atoms with E-state index in [0.717, 1.165) is 19.5 Å². The van der Waals surface area contributed by atoms with Gasteiger partial charge in [-0.25, -0.2) is 0 Å². The van der Waals surface area contributed by atoms with Crippen molar-refractivity contribution in [3.05, 3.63) is 0 Å². The predicted molar refractivity (Wildman–Crippen MR) is 63.7 cm³/mol. The van der Waals surface area contributed by atoms with Crippen molar-refractivity contribution in [2.24, 2.45) is 5.73 Å². The van der Waals surface area contributed by atoms with Crippen molar-refractivity contribution >= 4 is 5.91 Å². The van der Waals surface area contributed by atoms with Gasteiger partial charge in [-0.3, -0.25) is 9.69 Å². The third-order valence-corrected chi connectivity index (χ3v) is 2.41. The summed E-state index contributed by atoms with van der Waals surface area (Å²) in [7, 11) is 0. The summed E-state index contributed by atoms with van der Waals surface area (Å²) in [4.78, 5) is 13.9. The normalized spacial score (nSPS) is 13.3. The first-order valence-electron chi connectivity index (χ1n) is 5.77. The lowest BCUT2D eigenvalue weighted by Crippen LogP contribution is -2.47. The number of amides is 1. The van der Waals surface area contributed by atoms with E-state index in [4.69, 9.17) is 5.73 Å². The number of likely N-dealkylation sites (N-methyl/N-ethyl adjacent to an activating group) is 1. The third kappa shape index (κ3) is 5.74. The van der Waals surface area contributed by atoms with Gasteiger partial charge in [-0.2, -0.15) is 0 Å². The second-order valence-corrected chi connectivity index (χ2v) is 4.11. The van der Waals surface area contributed by atoms with E-state index in [-0.39, 0.29) is 18.0 Å². The molecule has 90 valence electrons. The minimum atomic E-state index is -0.0658. The Bertz CT molecular complexity index is 183. The highest BCUT2D eigenvalue weighted by Gasteiger charge is 2.19. The first-order chi connectivity index (χ1) is 7.02. The number of rotatable bonds is 7. The molecule has 0 aromatic heterocycles. The minimum absolute atomic E-state index is 0.0658. The van der Waals surface area contributed by atoms with Crippen LogP contribution in [-0.4, -0.2) is 42.5 Å². The molecule has 1 unspecified atom stereocenters. The van der Waals surface area contributed by atoms with Crippen LogP contribution in [0.3, 0.4) is 0 Å². The van der Waals surface area contributed by atoms with Crippen LogP contribution in [0.2, 0.25) is 0 Å². The van der Waals surface area contributed by atoms with Gasteiger partial charge in [0.15, 0.2) is 0 Å². The maximum absolute atomic E-state index is 11.7. The Balaban J connectivity index is 4.11. The van der Waals surface area contributed by atoms with Crippen molar-refractivity contribution in [3.8, 4) is 0 Å². The van der Waals surface area contributed by atoms with E-state index in [1.807, 2.05) is 20.8 Å². The van der Waals surface area contributed by atoms with Crippen LogP contribution in [0.5, 0.6) is 0 Å². The van der Waals surface area contributed by atoms with Crippen LogP contribution in [0.1, 0.15) is 34.1 Å². The zero-order valence-electron chi connectivity index (χ0n) is 10.4. The lowest BCUT2D eigenvalue weighted by molar-refractivity contribution is -0.126. The Kier molecular flexibility index (Phi) is 7.34. The lowest BCUT2D eigenvalue weighted by Gasteiger charge is -2.27. The van der Waals surface area contributed by atoms with E-state index in [9.17, 15) is 4.79 Å². The SMILES string of the molecule is CCN(CCCN)C(C)C(=O)NC(C)C. The monoisotopic (exact) mass is 215 g/mol. The van der Waals surface area contributed by atoms with E-state index in [2.05, 4.69) is 17.1 Å². The van der Waals surface area contributed by atoms with Crippen LogP contribution in [0.15, 0.2) is 0 Å². The molecule has 15 heavy (non-hydrogen) atoms. The molecule has 3 N–H and O–H groups in total. The molecular formula is C11H25N3O. The standard InChI is InChI=1S/C11H25N3O/c1-5-14(8-6-7-12)10(4)11(15)13-9(2)3/h9-10H,5-8,12H2,1-4H3,(H,13,15). The maximum atomic E-state index is 11.7. The van der Waals surface area contributed by atoms with Gasteiger partial charge >= 0.3 is 0 Å². The first kappa shape index (κ1) is 14.4. The highest BCUT2D eigenvalue weighted by Crippen LogP contribution is 2.00. The summed E-state index contributed by atoms with van der Waals surface area (Å²) in [6.07, 6.45) is 0.938. The molecule has 0 aromatic rings. The Hall–Kier alpha value is -0.610. The number of hydrogen-bond acceptors (Lipinski definition) is 3. The molecule has 4 heteroatoms. The lowest BCUT2D eigenvalue weighted by atomic mass is 10.2. The van der Waals surface area contributed by atoms with Crippen molar-refractivity contribution in [1.82, 2.24) is 10.2 Å². The average Bonchev–Trinajstić information content (AvgIpc) is 2.17. The molecule has 0 spiro atoms. The van der Waals surface area contributed by atoms with Crippen molar-refractivity contribution in [1.29, 1.82) is 0 Å². The third-order valence-electron chi connectivity index (χ3n) is 2.41. The Morgan fingerprint density at radius 3 is 2.40 bits per heavy atom. The van der Waals surface area contributed by atoms with Crippen LogP contribution in [0.4, 0.5) is 0 Å². The number of carbonyl (C=O) groups excluding carboxylic acids is 1.